The van der Waals surface area contributed by atoms with Crippen LogP contribution in [0.5, 0.6) is 0 Å². The minimum absolute atomic E-state index is 0.211. The van der Waals surface area contributed by atoms with Crippen molar-refractivity contribution in [1.82, 2.24) is 5.32 Å². The van der Waals surface area contributed by atoms with Crippen molar-refractivity contribution >= 4 is 11.6 Å². The van der Waals surface area contributed by atoms with Crippen LogP contribution < -0.4 is 5.32 Å². The molecule has 112 valence electrons. The molecule has 1 nitrogen and oxygen atoms in total. The standard InChI is InChI=1S/C17H25ClFN/c1-2-9-20-15(10-13-5-3-4-6-13)11-14-7-8-16(18)17(19)12-14/h7-8,12-13,15,20H,2-6,9-11H2,1H3. The Bertz CT molecular complexity index is 415. The zero-order valence-corrected chi connectivity index (χ0v) is 13.1. The first kappa shape index (κ1) is 15.8. The Kier molecular flexibility index (Phi) is 6.31. The predicted molar refractivity (Wildman–Crippen MR) is 83.8 cm³/mol. The third-order valence-electron chi connectivity index (χ3n) is 4.24. The average molecular weight is 298 g/mol. The summed E-state index contributed by atoms with van der Waals surface area (Å²) in [6, 6.07) is 5.65. The summed E-state index contributed by atoms with van der Waals surface area (Å²) in [6.45, 7) is 3.22. The minimum atomic E-state index is -0.306. The molecular formula is C17H25ClFN. The van der Waals surface area contributed by atoms with Gasteiger partial charge in [-0.05, 0) is 49.4 Å². The van der Waals surface area contributed by atoms with Gasteiger partial charge in [0.1, 0.15) is 5.82 Å². The molecule has 0 spiro atoms. The fourth-order valence-corrected chi connectivity index (χ4v) is 3.30. The minimum Gasteiger partial charge on any atom is -0.314 e. The number of hydrogen-bond donors (Lipinski definition) is 1. The molecule has 20 heavy (non-hydrogen) atoms. The molecule has 1 N–H and O–H groups in total. The highest BCUT2D eigenvalue weighted by molar-refractivity contribution is 6.30. The molecule has 1 aromatic rings. The zero-order valence-electron chi connectivity index (χ0n) is 12.3. The van der Waals surface area contributed by atoms with Gasteiger partial charge in [-0.1, -0.05) is 50.3 Å². The van der Waals surface area contributed by atoms with E-state index in [1.165, 1.54) is 32.1 Å². The quantitative estimate of drug-likeness (QED) is 0.749. The fourth-order valence-electron chi connectivity index (χ4n) is 3.19. The molecule has 1 saturated carbocycles. The van der Waals surface area contributed by atoms with Crippen molar-refractivity contribution in [3.63, 3.8) is 0 Å². The second-order valence-electron chi connectivity index (χ2n) is 5.99. The summed E-state index contributed by atoms with van der Waals surface area (Å²) in [6.07, 6.45) is 8.71. The molecular weight excluding hydrogens is 273 g/mol. The van der Waals surface area contributed by atoms with Gasteiger partial charge in [-0.15, -0.1) is 0 Å². The molecule has 0 bridgehead atoms. The highest BCUT2D eigenvalue weighted by Crippen LogP contribution is 2.29. The summed E-state index contributed by atoms with van der Waals surface area (Å²) in [5.74, 6) is 0.542. The van der Waals surface area contributed by atoms with Crippen LogP contribution >= 0.6 is 11.6 Å². The van der Waals surface area contributed by atoms with Crippen LogP contribution in [0.15, 0.2) is 18.2 Å². The largest absolute Gasteiger partial charge is 0.314 e. The topological polar surface area (TPSA) is 12.0 Å². The summed E-state index contributed by atoms with van der Waals surface area (Å²) >= 11 is 5.75. The Morgan fingerprint density at radius 3 is 2.75 bits per heavy atom. The smallest absolute Gasteiger partial charge is 0.142 e. The number of nitrogens with one attached hydrogen (secondary N) is 1. The Labute approximate surface area is 126 Å². The van der Waals surface area contributed by atoms with Crippen LogP contribution in [0, 0.1) is 11.7 Å². The summed E-state index contributed by atoms with van der Waals surface area (Å²) in [7, 11) is 0. The van der Waals surface area contributed by atoms with Gasteiger partial charge in [0.05, 0.1) is 5.02 Å². The predicted octanol–water partition coefficient (Wildman–Crippen LogP) is 4.97. The van der Waals surface area contributed by atoms with Gasteiger partial charge in [0.15, 0.2) is 0 Å². The van der Waals surface area contributed by atoms with Crippen molar-refractivity contribution < 1.29 is 4.39 Å². The zero-order chi connectivity index (χ0) is 14.4. The van der Waals surface area contributed by atoms with E-state index in [2.05, 4.69) is 12.2 Å². The van der Waals surface area contributed by atoms with Crippen molar-refractivity contribution in [2.45, 2.75) is 57.9 Å². The highest BCUT2D eigenvalue weighted by atomic mass is 35.5. The monoisotopic (exact) mass is 297 g/mol. The van der Waals surface area contributed by atoms with E-state index in [9.17, 15) is 4.39 Å². The number of rotatable bonds is 7. The van der Waals surface area contributed by atoms with Crippen LogP contribution in [0.2, 0.25) is 5.02 Å². The number of benzene rings is 1. The summed E-state index contributed by atoms with van der Waals surface area (Å²) in [4.78, 5) is 0. The lowest BCUT2D eigenvalue weighted by Gasteiger charge is -2.22. The highest BCUT2D eigenvalue weighted by Gasteiger charge is 2.20. The van der Waals surface area contributed by atoms with Crippen LogP contribution in [-0.4, -0.2) is 12.6 Å². The van der Waals surface area contributed by atoms with Gasteiger partial charge >= 0.3 is 0 Å². The molecule has 1 aliphatic carbocycles. The molecule has 1 aliphatic rings. The Morgan fingerprint density at radius 2 is 2.10 bits per heavy atom. The van der Waals surface area contributed by atoms with Gasteiger partial charge in [-0.3, -0.25) is 0 Å². The van der Waals surface area contributed by atoms with Crippen molar-refractivity contribution in [3.8, 4) is 0 Å². The first-order chi connectivity index (χ1) is 9.69. The van der Waals surface area contributed by atoms with Crippen LogP contribution in [0.3, 0.4) is 0 Å². The fraction of sp³-hybridized carbons (Fsp3) is 0.647. The second kappa shape index (κ2) is 7.99. The molecule has 1 fully saturated rings. The van der Waals surface area contributed by atoms with Crippen molar-refractivity contribution in [1.29, 1.82) is 0 Å². The summed E-state index contributed by atoms with van der Waals surface area (Å²) < 4.78 is 13.5. The lowest BCUT2D eigenvalue weighted by molar-refractivity contribution is 0.384. The molecule has 0 heterocycles. The van der Waals surface area contributed by atoms with Crippen molar-refractivity contribution in [2.24, 2.45) is 5.92 Å². The lowest BCUT2D eigenvalue weighted by Crippen LogP contribution is -2.33. The van der Waals surface area contributed by atoms with Gasteiger partial charge < -0.3 is 5.32 Å². The van der Waals surface area contributed by atoms with Gasteiger partial charge in [-0.25, -0.2) is 4.39 Å². The summed E-state index contributed by atoms with van der Waals surface area (Å²) in [5.41, 5.74) is 1.04. The maximum atomic E-state index is 13.5. The van der Waals surface area contributed by atoms with Gasteiger partial charge in [0.25, 0.3) is 0 Å². The first-order valence-corrected chi connectivity index (χ1v) is 8.24. The van der Waals surface area contributed by atoms with Crippen LogP contribution in [-0.2, 0) is 6.42 Å². The third-order valence-corrected chi connectivity index (χ3v) is 4.55. The van der Waals surface area contributed by atoms with E-state index >= 15 is 0 Å². The Morgan fingerprint density at radius 1 is 1.35 bits per heavy atom. The van der Waals surface area contributed by atoms with E-state index in [-0.39, 0.29) is 10.8 Å². The van der Waals surface area contributed by atoms with E-state index in [0.29, 0.717) is 6.04 Å². The van der Waals surface area contributed by atoms with E-state index in [1.54, 1.807) is 12.1 Å². The maximum Gasteiger partial charge on any atom is 0.142 e. The Hall–Kier alpha value is -0.600. The molecule has 0 radical (unpaired) electrons. The van der Waals surface area contributed by atoms with E-state index in [4.69, 9.17) is 11.6 Å². The van der Waals surface area contributed by atoms with Gasteiger partial charge in [-0.2, -0.15) is 0 Å². The summed E-state index contributed by atoms with van der Waals surface area (Å²) in [5, 5.41) is 3.83. The van der Waals surface area contributed by atoms with Crippen molar-refractivity contribution in [2.75, 3.05) is 6.54 Å². The molecule has 0 amide bonds. The lowest BCUT2D eigenvalue weighted by atomic mass is 9.94. The first-order valence-electron chi connectivity index (χ1n) is 7.86. The maximum absolute atomic E-state index is 13.5. The molecule has 1 unspecified atom stereocenters. The SMILES string of the molecule is CCCNC(Cc1ccc(Cl)c(F)c1)CC1CCCC1. The molecule has 3 heteroatoms. The van der Waals surface area contributed by atoms with Crippen molar-refractivity contribution in [3.05, 3.63) is 34.6 Å². The van der Waals surface area contributed by atoms with Crippen LogP contribution in [0.4, 0.5) is 4.39 Å². The van der Waals surface area contributed by atoms with Gasteiger partial charge in [0, 0.05) is 6.04 Å². The van der Waals surface area contributed by atoms with E-state index in [1.807, 2.05) is 6.07 Å². The molecule has 0 aliphatic heterocycles. The number of hydrogen-bond acceptors (Lipinski definition) is 1. The van der Waals surface area contributed by atoms with E-state index < -0.39 is 0 Å². The van der Waals surface area contributed by atoms with E-state index in [0.717, 1.165) is 30.9 Å². The third kappa shape index (κ3) is 4.75. The van der Waals surface area contributed by atoms with Crippen LogP contribution in [0.1, 0.15) is 51.0 Å². The number of halogens is 2. The molecule has 2 rings (SSSR count). The van der Waals surface area contributed by atoms with Crippen LogP contribution in [0.25, 0.3) is 0 Å². The van der Waals surface area contributed by atoms with Gasteiger partial charge in [0.2, 0.25) is 0 Å². The molecule has 1 atom stereocenters. The molecule has 0 saturated heterocycles. The Balaban J connectivity index is 1.95. The average Bonchev–Trinajstić information content (AvgIpc) is 2.93. The molecule has 0 aromatic heterocycles. The normalized spacial score (nSPS) is 17.6. The molecule has 1 aromatic carbocycles. The second-order valence-corrected chi connectivity index (χ2v) is 6.40.